The van der Waals surface area contributed by atoms with Gasteiger partial charge in [0.25, 0.3) is 0 Å². The maximum Gasteiger partial charge on any atom is 0.0921 e. The topological polar surface area (TPSA) is 77.4 Å². The van der Waals surface area contributed by atoms with Crippen molar-refractivity contribution < 1.29 is 29.2 Å². The Morgan fingerprint density at radius 1 is 0.711 bits per heavy atom. The zero-order valence-electron chi connectivity index (χ0n) is 24.8. The smallest absolute Gasteiger partial charge is 0.0921 e. The maximum absolute atomic E-state index is 11.7. The maximum atomic E-state index is 11.7. The first kappa shape index (κ1) is 31.7. The number of alkyl halides is 2. The van der Waals surface area contributed by atoms with E-state index in [1.54, 1.807) is 0 Å². The molecule has 0 aliphatic carbocycles. The van der Waals surface area contributed by atoms with Crippen LogP contribution in [0, 0.1) is 0 Å². The summed E-state index contributed by atoms with van der Waals surface area (Å²) < 4.78 is 26.8. The molecule has 0 radical (unpaired) electrons. The van der Waals surface area contributed by atoms with Crippen LogP contribution >= 0.6 is 31.9 Å². The monoisotopic (exact) mass is 666 g/mol. The molecule has 4 fully saturated rings. The molecule has 0 saturated carbocycles. The Kier molecular flexibility index (Phi) is 8.97. The molecule has 38 heavy (non-hydrogen) atoms. The van der Waals surface area contributed by atoms with Gasteiger partial charge < -0.3 is 29.2 Å². The number of rotatable bonds is 4. The molecule has 2 N–H and O–H groups in total. The highest BCUT2D eigenvalue weighted by Crippen LogP contribution is 2.49. The van der Waals surface area contributed by atoms with Crippen molar-refractivity contribution in [2.24, 2.45) is 0 Å². The van der Waals surface area contributed by atoms with E-state index in [4.69, 9.17) is 18.9 Å². The SMILES string of the molecule is CC1(C)O[C@@H](CC[C@@](C)(O)[C@@H]2CC[C@H]3O[C@@]4(C)CC[C@H](Br)C(C)(C)O[C@H]4CC[C@]3(C)O2)[C@@](C)(O)CC[C@H]1Br. The predicted molar refractivity (Wildman–Crippen MR) is 157 cm³/mol. The molecular formula is C30H52Br2O6. The summed E-state index contributed by atoms with van der Waals surface area (Å²) in [6.45, 7) is 16.6. The fourth-order valence-corrected chi connectivity index (χ4v) is 7.76. The van der Waals surface area contributed by atoms with E-state index in [0.717, 1.165) is 44.9 Å². The fourth-order valence-electron chi connectivity index (χ4n) is 7.09. The largest absolute Gasteiger partial charge is 0.387 e. The van der Waals surface area contributed by atoms with E-state index < -0.39 is 22.4 Å². The molecule has 4 saturated heterocycles. The molecule has 0 spiro atoms. The van der Waals surface area contributed by atoms with Gasteiger partial charge in [0.2, 0.25) is 0 Å². The molecule has 8 heteroatoms. The molecule has 6 nitrogen and oxygen atoms in total. The van der Waals surface area contributed by atoms with Crippen molar-refractivity contribution in [3.8, 4) is 0 Å². The van der Waals surface area contributed by atoms with Gasteiger partial charge in [-0.2, -0.15) is 0 Å². The minimum Gasteiger partial charge on any atom is -0.387 e. The second-order valence-corrected chi connectivity index (χ2v) is 16.9. The molecule has 0 bridgehead atoms. The molecule has 4 heterocycles. The Morgan fingerprint density at radius 2 is 1.24 bits per heavy atom. The van der Waals surface area contributed by atoms with Crippen molar-refractivity contribution in [1.29, 1.82) is 0 Å². The quantitative estimate of drug-likeness (QED) is 0.330. The molecule has 0 unspecified atom stereocenters. The summed E-state index contributed by atoms with van der Waals surface area (Å²) in [4.78, 5) is 0.464. The van der Waals surface area contributed by atoms with E-state index in [9.17, 15) is 10.2 Å². The summed E-state index contributed by atoms with van der Waals surface area (Å²) in [7, 11) is 0. The first-order valence-corrected chi connectivity index (χ1v) is 16.6. The van der Waals surface area contributed by atoms with Gasteiger partial charge in [-0.3, -0.25) is 0 Å². The molecule has 4 aliphatic rings. The molecule has 10 atom stereocenters. The van der Waals surface area contributed by atoms with E-state index in [0.29, 0.717) is 24.1 Å². The third-order valence-electron chi connectivity index (χ3n) is 10.3. The highest BCUT2D eigenvalue weighted by molar-refractivity contribution is 9.09. The molecule has 0 aromatic carbocycles. The summed E-state index contributed by atoms with van der Waals surface area (Å²) in [5.74, 6) is 0. The lowest BCUT2D eigenvalue weighted by molar-refractivity contribution is -0.261. The highest BCUT2D eigenvalue weighted by Gasteiger charge is 2.55. The minimum atomic E-state index is -1.04. The standard InChI is InChI=1S/C30H52Br2O6/c1-25(2)19(31)11-15-27(5,33)22(35-25)13-16-28(6,34)21-9-10-23-30(8,37-21)18-14-24-29(7,38-23)17-12-20(32)26(3,4)36-24/h19-24,33-34H,9-18H2,1-8H3/t19-,20+,21+,22+,23-,24+,27+,28-,29+,30+/m1/s1. The van der Waals surface area contributed by atoms with Crippen LogP contribution in [0.4, 0.5) is 0 Å². The summed E-state index contributed by atoms with van der Waals surface area (Å²) in [6, 6.07) is 0. The molecule has 4 aliphatic heterocycles. The number of hydrogen-bond donors (Lipinski definition) is 2. The Hall–Kier alpha value is 0.720. The first-order valence-electron chi connectivity index (χ1n) is 14.7. The molecule has 222 valence electrons. The van der Waals surface area contributed by atoms with Crippen LogP contribution in [-0.2, 0) is 18.9 Å². The van der Waals surface area contributed by atoms with Gasteiger partial charge in [-0.1, -0.05) is 31.9 Å². The average Bonchev–Trinajstić information content (AvgIpc) is 3.01. The first-order chi connectivity index (χ1) is 17.3. The Bertz CT molecular complexity index is 847. The van der Waals surface area contributed by atoms with Crippen molar-refractivity contribution in [3.05, 3.63) is 0 Å². The Morgan fingerprint density at radius 3 is 1.89 bits per heavy atom. The lowest BCUT2D eigenvalue weighted by Crippen LogP contribution is -2.57. The number of aliphatic hydroxyl groups is 2. The van der Waals surface area contributed by atoms with Crippen LogP contribution in [0.5, 0.6) is 0 Å². The van der Waals surface area contributed by atoms with Crippen molar-refractivity contribution in [3.63, 3.8) is 0 Å². The summed E-state index contributed by atoms with van der Waals surface area (Å²) in [5, 5.41) is 22.9. The zero-order valence-corrected chi connectivity index (χ0v) is 28.0. The molecule has 0 amide bonds. The lowest BCUT2D eigenvalue weighted by atomic mass is 9.79. The van der Waals surface area contributed by atoms with Crippen LogP contribution in [-0.4, -0.2) is 77.9 Å². The fraction of sp³-hybridized carbons (Fsp3) is 1.00. The van der Waals surface area contributed by atoms with E-state index >= 15 is 0 Å². The van der Waals surface area contributed by atoms with Crippen molar-refractivity contribution >= 4 is 31.9 Å². The Balaban J connectivity index is 1.44. The highest BCUT2D eigenvalue weighted by atomic mass is 79.9. The van der Waals surface area contributed by atoms with Crippen LogP contribution < -0.4 is 0 Å². The third kappa shape index (κ3) is 6.38. The summed E-state index contributed by atoms with van der Waals surface area (Å²) >= 11 is 7.60. The van der Waals surface area contributed by atoms with Crippen LogP contribution in [0.2, 0.25) is 0 Å². The molecule has 4 rings (SSSR count). The van der Waals surface area contributed by atoms with Crippen LogP contribution in [0.1, 0.15) is 120 Å². The van der Waals surface area contributed by atoms with Gasteiger partial charge in [-0.25, -0.2) is 0 Å². The van der Waals surface area contributed by atoms with Crippen LogP contribution in [0.25, 0.3) is 0 Å². The second kappa shape index (κ2) is 10.8. The zero-order chi connectivity index (χ0) is 28.4. The van der Waals surface area contributed by atoms with Crippen molar-refractivity contribution in [1.82, 2.24) is 0 Å². The second-order valence-electron chi connectivity index (χ2n) is 14.6. The van der Waals surface area contributed by atoms with E-state index in [1.165, 1.54) is 0 Å². The number of fused-ring (bicyclic) bond motifs is 2. The van der Waals surface area contributed by atoms with Crippen LogP contribution in [0.15, 0.2) is 0 Å². The van der Waals surface area contributed by atoms with Gasteiger partial charge >= 0.3 is 0 Å². The normalized spacial score (nSPS) is 48.9. The van der Waals surface area contributed by atoms with E-state index in [2.05, 4.69) is 73.4 Å². The van der Waals surface area contributed by atoms with Crippen LogP contribution in [0.3, 0.4) is 0 Å². The number of halogens is 2. The van der Waals surface area contributed by atoms with E-state index in [-0.39, 0.29) is 40.4 Å². The average molecular weight is 669 g/mol. The van der Waals surface area contributed by atoms with E-state index in [1.807, 2.05) is 13.8 Å². The van der Waals surface area contributed by atoms with Gasteiger partial charge in [0, 0.05) is 9.65 Å². The van der Waals surface area contributed by atoms with Gasteiger partial charge in [0.15, 0.2) is 0 Å². The minimum absolute atomic E-state index is 0.00117. The van der Waals surface area contributed by atoms with Crippen molar-refractivity contribution in [2.45, 2.75) is 187 Å². The van der Waals surface area contributed by atoms with Gasteiger partial charge in [-0.05, 0) is 120 Å². The van der Waals surface area contributed by atoms with Crippen molar-refractivity contribution in [2.75, 3.05) is 0 Å². The molecule has 0 aromatic heterocycles. The van der Waals surface area contributed by atoms with Gasteiger partial charge in [0.05, 0.1) is 58.0 Å². The molecular weight excluding hydrogens is 616 g/mol. The van der Waals surface area contributed by atoms with Gasteiger partial charge in [-0.15, -0.1) is 0 Å². The molecule has 0 aromatic rings. The number of ether oxygens (including phenoxy) is 4. The predicted octanol–water partition coefficient (Wildman–Crippen LogP) is 6.59. The summed E-state index contributed by atoms with van der Waals surface area (Å²) in [5.41, 5.74) is -3.49. The summed E-state index contributed by atoms with van der Waals surface area (Å²) in [6.07, 6.45) is 7.08. The Labute approximate surface area is 247 Å². The third-order valence-corrected chi connectivity index (χ3v) is 13.4. The van der Waals surface area contributed by atoms with Gasteiger partial charge in [0.1, 0.15) is 0 Å². The number of hydrogen-bond acceptors (Lipinski definition) is 6. The lowest BCUT2D eigenvalue weighted by Gasteiger charge is -2.49.